The SMILES string of the molecule is Cc1cc(C)nc(SCC(=O)OCc2cc(Cl)c3c(c2)OCCO3)n1. The van der Waals surface area contributed by atoms with Crippen LogP contribution in [0.3, 0.4) is 0 Å². The third-order valence-corrected chi connectivity index (χ3v) is 4.44. The van der Waals surface area contributed by atoms with E-state index in [1.807, 2.05) is 19.9 Å². The van der Waals surface area contributed by atoms with E-state index in [0.29, 0.717) is 34.9 Å². The lowest BCUT2D eigenvalue weighted by Crippen LogP contribution is -2.16. The Balaban J connectivity index is 1.54. The van der Waals surface area contributed by atoms with Crippen LogP contribution in [0.1, 0.15) is 17.0 Å². The number of benzene rings is 1. The Morgan fingerprint density at radius 1 is 1.20 bits per heavy atom. The maximum Gasteiger partial charge on any atom is 0.316 e. The van der Waals surface area contributed by atoms with E-state index in [2.05, 4.69) is 9.97 Å². The molecule has 2 heterocycles. The molecule has 0 spiro atoms. The van der Waals surface area contributed by atoms with Gasteiger partial charge in [0.05, 0.1) is 10.8 Å². The summed E-state index contributed by atoms with van der Waals surface area (Å²) in [7, 11) is 0. The maximum atomic E-state index is 11.9. The summed E-state index contributed by atoms with van der Waals surface area (Å²) < 4.78 is 16.3. The fourth-order valence-corrected chi connectivity index (χ4v) is 3.37. The molecule has 25 heavy (non-hydrogen) atoms. The first-order chi connectivity index (χ1) is 12.0. The van der Waals surface area contributed by atoms with Crippen molar-refractivity contribution in [1.82, 2.24) is 9.97 Å². The summed E-state index contributed by atoms with van der Waals surface area (Å²) in [6.45, 7) is 4.84. The molecule has 3 rings (SSSR count). The first kappa shape index (κ1) is 17.8. The Bertz CT molecular complexity index is 780. The van der Waals surface area contributed by atoms with Gasteiger partial charge in [-0.2, -0.15) is 0 Å². The van der Waals surface area contributed by atoms with Crippen LogP contribution in [-0.2, 0) is 16.1 Å². The van der Waals surface area contributed by atoms with E-state index in [1.54, 1.807) is 12.1 Å². The Morgan fingerprint density at radius 2 is 1.92 bits per heavy atom. The quantitative estimate of drug-likeness (QED) is 0.447. The predicted octanol–water partition coefficient (Wildman–Crippen LogP) is 3.35. The van der Waals surface area contributed by atoms with Crippen molar-refractivity contribution in [3.05, 3.63) is 40.2 Å². The van der Waals surface area contributed by atoms with E-state index in [9.17, 15) is 4.79 Å². The second-order valence-electron chi connectivity index (χ2n) is 5.48. The topological polar surface area (TPSA) is 70.5 Å². The minimum atomic E-state index is -0.348. The van der Waals surface area contributed by atoms with Crippen molar-refractivity contribution >= 4 is 29.3 Å². The molecule has 1 aliphatic rings. The molecule has 1 aliphatic heterocycles. The van der Waals surface area contributed by atoms with Crippen molar-refractivity contribution in [3.63, 3.8) is 0 Å². The van der Waals surface area contributed by atoms with E-state index in [1.165, 1.54) is 11.8 Å². The first-order valence-electron chi connectivity index (χ1n) is 7.70. The smallest absolute Gasteiger partial charge is 0.316 e. The van der Waals surface area contributed by atoms with Crippen LogP contribution in [0.4, 0.5) is 0 Å². The highest BCUT2D eigenvalue weighted by atomic mass is 35.5. The van der Waals surface area contributed by atoms with Crippen LogP contribution in [0.5, 0.6) is 11.5 Å². The summed E-state index contributed by atoms with van der Waals surface area (Å²) in [5.74, 6) is 0.897. The van der Waals surface area contributed by atoms with Gasteiger partial charge < -0.3 is 14.2 Å². The summed E-state index contributed by atoms with van der Waals surface area (Å²) in [6.07, 6.45) is 0. The van der Waals surface area contributed by atoms with Crippen LogP contribution in [-0.4, -0.2) is 34.9 Å². The van der Waals surface area contributed by atoms with Gasteiger partial charge in [0, 0.05) is 11.4 Å². The lowest BCUT2D eigenvalue weighted by molar-refractivity contribution is -0.141. The number of nitrogens with zero attached hydrogens (tertiary/aromatic N) is 2. The van der Waals surface area contributed by atoms with Crippen LogP contribution in [0, 0.1) is 13.8 Å². The number of aromatic nitrogens is 2. The standard InChI is InChI=1S/C17H17ClN2O4S/c1-10-5-11(2)20-17(19-10)25-9-15(21)24-8-12-6-13(18)16-14(7-12)22-3-4-23-16/h5-7H,3-4,8-9H2,1-2H3. The second-order valence-corrected chi connectivity index (χ2v) is 6.83. The zero-order valence-electron chi connectivity index (χ0n) is 13.9. The van der Waals surface area contributed by atoms with Gasteiger partial charge in [0.2, 0.25) is 0 Å². The number of carbonyl (C=O) groups is 1. The molecule has 0 saturated heterocycles. The van der Waals surface area contributed by atoms with E-state index in [0.717, 1.165) is 17.0 Å². The summed E-state index contributed by atoms with van der Waals surface area (Å²) >= 11 is 7.42. The van der Waals surface area contributed by atoms with Crippen LogP contribution in [0.15, 0.2) is 23.4 Å². The molecule has 1 aromatic carbocycles. The molecular formula is C17H17ClN2O4S. The number of hydrogen-bond donors (Lipinski definition) is 0. The molecule has 0 amide bonds. The molecule has 0 atom stereocenters. The molecule has 6 nitrogen and oxygen atoms in total. The second kappa shape index (κ2) is 7.93. The molecule has 0 radical (unpaired) electrons. The molecule has 0 unspecified atom stereocenters. The molecule has 8 heteroatoms. The zero-order chi connectivity index (χ0) is 17.8. The van der Waals surface area contributed by atoms with Crippen molar-refractivity contribution < 1.29 is 19.0 Å². The van der Waals surface area contributed by atoms with E-state index in [-0.39, 0.29) is 18.3 Å². The largest absolute Gasteiger partial charge is 0.486 e. The summed E-state index contributed by atoms with van der Waals surface area (Å²) in [5.41, 5.74) is 2.49. The Morgan fingerprint density at radius 3 is 2.68 bits per heavy atom. The van der Waals surface area contributed by atoms with Gasteiger partial charge in [-0.05, 0) is 37.6 Å². The van der Waals surface area contributed by atoms with Gasteiger partial charge in [0.1, 0.15) is 19.8 Å². The van der Waals surface area contributed by atoms with Crippen LogP contribution >= 0.6 is 23.4 Å². The highest BCUT2D eigenvalue weighted by Gasteiger charge is 2.17. The third kappa shape index (κ3) is 4.76. The lowest BCUT2D eigenvalue weighted by atomic mass is 10.2. The van der Waals surface area contributed by atoms with Gasteiger partial charge in [-0.1, -0.05) is 23.4 Å². The predicted molar refractivity (Wildman–Crippen MR) is 94.5 cm³/mol. The third-order valence-electron chi connectivity index (χ3n) is 3.34. The minimum Gasteiger partial charge on any atom is -0.486 e. The van der Waals surface area contributed by atoms with E-state index in [4.69, 9.17) is 25.8 Å². The number of aryl methyl sites for hydroxylation is 2. The van der Waals surface area contributed by atoms with Crippen molar-refractivity contribution in [2.24, 2.45) is 0 Å². The fraction of sp³-hybridized carbons (Fsp3) is 0.353. The summed E-state index contributed by atoms with van der Waals surface area (Å²) in [4.78, 5) is 20.5. The van der Waals surface area contributed by atoms with Gasteiger partial charge in [-0.3, -0.25) is 4.79 Å². The molecule has 0 saturated carbocycles. The van der Waals surface area contributed by atoms with Crippen molar-refractivity contribution in [1.29, 1.82) is 0 Å². The number of fused-ring (bicyclic) bond motifs is 1. The molecule has 1 aromatic heterocycles. The highest BCUT2D eigenvalue weighted by Crippen LogP contribution is 2.38. The average molecular weight is 381 g/mol. The molecule has 2 aromatic rings. The molecular weight excluding hydrogens is 364 g/mol. The van der Waals surface area contributed by atoms with Gasteiger partial charge in [0.15, 0.2) is 16.7 Å². The number of thioether (sulfide) groups is 1. The Kier molecular flexibility index (Phi) is 5.65. The van der Waals surface area contributed by atoms with Gasteiger partial charge in [-0.25, -0.2) is 9.97 Å². The Labute approximate surface area is 154 Å². The van der Waals surface area contributed by atoms with Crippen molar-refractivity contribution in [2.75, 3.05) is 19.0 Å². The van der Waals surface area contributed by atoms with Crippen molar-refractivity contribution in [2.45, 2.75) is 25.6 Å². The van der Waals surface area contributed by atoms with Crippen LogP contribution in [0.2, 0.25) is 5.02 Å². The average Bonchev–Trinajstić information content (AvgIpc) is 2.57. The summed E-state index contributed by atoms with van der Waals surface area (Å²) in [6, 6.07) is 5.37. The number of rotatable bonds is 5. The number of ether oxygens (including phenoxy) is 3. The van der Waals surface area contributed by atoms with Gasteiger partial charge in [-0.15, -0.1) is 0 Å². The maximum absolute atomic E-state index is 11.9. The minimum absolute atomic E-state index is 0.115. The van der Waals surface area contributed by atoms with Gasteiger partial charge in [0.25, 0.3) is 0 Å². The molecule has 132 valence electrons. The highest BCUT2D eigenvalue weighted by molar-refractivity contribution is 7.99. The van der Waals surface area contributed by atoms with Crippen LogP contribution in [0.25, 0.3) is 0 Å². The normalized spacial score (nSPS) is 12.8. The number of halogens is 1. The summed E-state index contributed by atoms with van der Waals surface area (Å²) in [5, 5.41) is 1.01. The molecule has 0 bridgehead atoms. The molecule has 0 fully saturated rings. The number of esters is 1. The fourth-order valence-electron chi connectivity index (χ4n) is 2.33. The Hall–Kier alpha value is -1.99. The van der Waals surface area contributed by atoms with Crippen molar-refractivity contribution in [3.8, 4) is 11.5 Å². The molecule has 0 aliphatic carbocycles. The zero-order valence-corrected chi connectivity index (χ0v) is 15.4. The van der Waals surface area contributed by atoms with Gasteiger partial charge >= 0.3 is 5.97 Å². The van der Waals surface area contributed by atoms with E-state index >= 15 is 0 Å². The number of hydrogen-bond acceptors (Lipinski definition) is 7. The lowest BCUT2D eigenvalue weighted by Gasteiger charge is -2.20. The first-order valence-corrected chi connectivity index (χ1v) is 9.06. The monoisotopic (exact) mass is 380 g/mol. The number of carbonyl (C=O) groups excluding carboxylic acids is 1. The molecule has 0 N–H and O–H groups in total. The van der Waals surface area contributed by atoms with Crippen LogP contribution < -0.4 is 9.47 Å². The van der Waals surface area contributed by atoms with E-state index < -0.39 is 0 Å².